The lowest BCUT2D eigenvalue weighted by atomic mass is 9.97. The molecule has 0 spiro atoms. The molecular weight excluding hydrogens is 170 g/mol. The average Bonchev–Trinajstić information content (AvgIpc) is 2.17. The molecule has 0 saturated carbocycles. The number of hydrogen-bond donors (Lipinski definition) is 2. The Balaban J connectivity index is 2.68. The second-order valence-electron chi connectivity index (χ2n) is 2.90. The van der Waals surface area contributed by atoms with E-state index in [0.29, 0.717) is 18.6 Å². The van der Waals surface area contributed by atoms with Crippen molar-refractivity contribution in [1.29, 1.82) is 0 Å². The number of methoxy groups -OCH3 is 1. The van der Waals surface area contributed by atoms with Crippen LogP contribution in [0.4, 0.5) is 0 Å². The third-order valence-electron chi connectivity index (χ3n) is 2.01. The van der Waals surface area contributed by atoms with Crippen molar-refractivity contribution in [3.05, 3.63) is 23.5 Å². The lowest BCUT2D eigenvalue weighted by molar-refractivity contribution is -0.141. The summed E-state index contributed by atoms with van der Waals surface area (Å²) < 4.78 is 4.50. The van der Waals surface area contributed by atoms with Crippen LogP contribution in [-0.2, 0) is 9.53 Å². The standard InChI is InChI=1S/C9H13NO3/c1-13-9(12)8(10)6-2-4-7(11)5-3-6/h2,4,8,11H,3,5,10H2,1H3. The van der Waals surface area contributed by atoms with Gasteiger partial charge in [-0.05, 0) is 18.1 Å². The minimum absolute atomic E-state index is 0.320. The number of hydrogen-bond acceptors (Lipinski definition) is 4. The Morgan fingerprint density at radius 2 is 2.31 bits per heavy atom. The second kappa shape index (κ2) is 4.09. The van der Waals surface area contributed by atoms with Gasteiger partial charge in [0.2, 0.25) is 0 Å². The quantitative estimate of drug-likeness (QED) is 0.616. The van der Waals surface area contributed by atoms with Gasteiger partial charge in [0.1, 0.15) is 6.04 Å². The van der Waals surface area contributed by atoms with Crippen molar-refractivity contribution < 1.29 is 14.6 Å². The van der Waals surface area contributed by atoms with Crippen LogP contribution in [0.3, 0.4) is 0 Å². The summed E-state index contributed by atoms with van der Waals surface area (Å²) in [4.78, 5) is 11.0. The first kappa shape index (κ1) is 9.80. The number of esters is 1. The summed E-state index contributed by atoms with van der Waals surface area (Å²) in [7, 11) is 1.30. The van der Waals surface area contributed by atoms with E-state index in [1.165, 1.54) is 7.11 Å². The maximum Gasteiger partial charge on any atom is 0.326 e. The lowest BCUT2D eigenvalue weighted by Gasteiger charge is -2.15. The zero-order chi connectivity index (χ0) is 9.84. The van der Waals surface area contributed by atoms with Crippen LogP contribution in [0.15, 0.2) is 23.5 Å². The monoisotopic (exact) mass is 183 g/mol. The maximum absolute atomic E-state index is 11.0. The summed E-state index contributed by atoms with van der Waals surface area (Å²) in [5.74, 6) is -0.123. The molecule has 0 aromatic carbocycles. The number of aliphatic hydroxyl groups is 1. The molecular formula is C9H13NO3. The molecule has 1 unspecified atom stereocenters. The molecule has 0 aliphatic heterocycles. The van der Waals surface area contributed by atoms with Crippen LogP contribution in [0.2, 0.25) is 0 Å². The molecule has 1 rings (SSSR count). The molecule has 4 heteroatoms. The van der Waals surface area contributed by atoms with Gasteiger partial charge >= 0.3 is 5.97 Å². The van der Waals surface area contributed by atoms with Crippen LogP contribution in [0.5, 0.6) is 0 Å². The van der Waals surface area contributed by atoms with Crippen LogP contribution >= 0.6 is 0 Å². The fourth-order valence-electron chi connectivity index (χ4n) is 1.18. The third-order valence-corrected chi connectivity index (χ3v) is 2.01. The van der Waals surface area contributed by atoms with Crippen molar-refractivity contribution in [3.63, 3.8) is 0 Å². The van der Waals surface area contributed by atoms with Gasteiger partial charge in [-0.15, -0.1) is 0 Å². The number of allylic oxidation sites excluding steroid dienone is 3. The zero-order valence-electron chi connectivity index (χ0n) is 7.49. The number of nitrogens with two attached hydrogens (primary N) is 1. The molecule has 0 fully saturated rings. The van der Waals surface area contributed by atoms with Crippen LogP contribution in [0, 0.1) is 0 Å². The van der Waals surface area contributed by atoms with E-state index in [4.69, 9.17) is 10.8 Å². The number of rotatable bonds is 2. The van der Waals surface area contributed by atoms with Crippen LogP contribution in [-0.4, -0.2) is 24.2 Å². The normalized spacial score (nSPS) is 18.6. The average molecular weight is 183 g/mol. The Hall–Kier alpha value is -1.29. The van der Waals surface area contributed by atoms with E-state index in [2.05, 4.69) is 4.74 Å². The van der Waals surface area contributed by atoms with Crippen molar-refractivity contribution in [2.75, 3.05) is 7.11 Å². The Morgan fingerprint density at radius 1 is 1.62 bits per heavy atom. The highest BCUT2D eigenvalue weighted by Gasteiger charge is 2.19. The van der Waals surface area contributed by atoms with E-state index < -0.39 is 12.0 Å². The number of ether oxygens (including phenoxy) is 1. The van der Waals surface area contributed by atoms with Crippen molar-refractivity contribution in [1.82, 2.24) is 0 Å². The summed E-state index contributed by atoms with van der Waals surface area (Å²) >= 11 is 0. The van der Waals surface area contributed by atoms with E-state index in [1.54, 1.807) is 12.2 Å². The topological polar surface area (TPSA) is 72.5 Å². The van der Waals surface area contributed by atoms with Gasteiger partial charge in [0, 0.05) is 6.42 Å². The SMILES string of the molecule is COC(=O)C(N)C1=CC=C(O)CC1. The molecule has 0 heterocycles. The summed E-state index contributed by atoms with van der Waals surface area (Å²) in [5.41, 5.74) is 6.39. The largest absolute Gasteiger partial charge is 0.512 e. The van der Waals surface area contributed by atoms with Gasteiger partial charge in [-0.25, -0.2) is 0 Å². The number of aliphatic hydroxyl groups excluding tert-OH is 1. The fourth-order valence-corrected chi connectivity index (χ4v) is 1.18. The molecule has 0 amide bonds. The molecule has 0 aromatic rings. The van der Waals surface area contributed by atoms with E-state index in [9.17, 15) is 4.79 Å². The smallest absolute Gasteiger partial charge is 0.326 e. The van der Waals surface area contributed by atoms with Gasteiger partial charge in [-0.1, -0.05) is 6.08 Å². The van der Waals surface area contributed by atoms with Crippen molar-refractivity contribution in [3.8, 4) is 0 Å². The Labute approximate surface area is 76.7 Å². The third kappa shape index (κ3) is 2.32. The van der Waals surface area contributed by atoms with Crippen molar-refractivity contribution in [2.45, 2.75) is 18.9 Å². The van der Waals surface area contributed by atoms with Crippen LogP contribution < -0.4 is 5.73 Å². The highest BCUT2D eigenvalue weighted by Crippen LogP contribution is 2.18. The number of carbonyl (C=O) groups excluding carboxylic acids is 1. The predicted octanol–water partition coefficient (Wildman–Crippen LogP) is 0.649. The first-order valence-corrected chi connectivity index (χ1v) is 4.07. The molecule has 4 nitrogen and oxygen atoms in total. The van der Waals surface area contributed by atoms with Gasteiger partial charge < -0.3 is 15.6 Å². The summed E-state index contributed by atoms with van der Waals surface area (Å²) in [6.07, 6.45) is 4.37. The van der Waals surface area contributed by atoms with Gasteiger partial charge in [0.15, 0.2) is 0 Å². The van der Waals surface area contributed by atoms with Gasteiger partial charge in [0.25, 0.3) is 0 Å². The van der Waals surface area contributed by atoms with Gasteiger partial charge in [0.05, 0.1) is 12.9 Å². The number of carbonyl (C=O) groups is 1. The molecule has 1 atom stereocenters. The Bertz CT molecular complexity index is 268. The molecule has 0 bridgehead atoms. The lowest BCUT2D eigenvalue weighted by Crippen LogP contribution is -2.34. The maximum atomic E-state index is 11.0. The molecule has 72 valence electrons. The molecule has 0 radical (unpaired) electrons. The van der Waals surface area contributed by atoms with E-state index >= 15 is 0 Å². The minimum atomic E-state index is -0.700. The summed E-state index contributed by atoms with van der Waals surface area (Å²) in [6.45, 7) is 0. The molecule has 1 aliphatic rings. The first-order chi connectivity index (χ1) is 6.15. The molecule has 0 aromatic heterocycles. The second-order valence-corrected chi connectivity index (χ2v) is 2.90. The Morgan fingerprint density at radius 3 is 2.77 bits per heavy atom. The predicted molar refractivity (Wildman–Crippen MR) is 48.0 cm³/mol. The van der Waals surface area contributed by atoms with Crippen molar-refractivity contribution in [2.24, 2.45) is 5.73 Å². The Kier molecular flexibility index (Phi) is 3.08. The van der Waals surface area contributed by atoms with Crippen LogP contribution in [0.1, 0.15) is 12.8 Å². The van der Waals surface area contributed by atoms with Gasteiger partial charge in [-0.2, -0.15) is 0 Å². The first-order valence-electron chi connectivity index (χ1n) is 4.07. The fraction of sp³-hybridized carbons (Fsp3) is 0.444. The van der Waals surface area contributed by atoms with E-state index in [-0.39, 0.29) is 0 Å². The highest BCUT2D eigenvalue weighted by atomic mass is 16.5. The highest BCUT2D eigenvalue weighted by molar-refractivity contribution is 5.79. The molecule has 3 N–H and O–H groups in total. The summed E-state index contributed by atoms with van der Waals surface area (Å²) in [5, 5.41) is 9.06. The zero-order valence-corrected chi connectivity index (χ0v) is 7.49. The molecule has 1 aliphatic carbocycles. The van der Waals surface area contributed by atoms with Crippen molar-refractivity contribution >= 4 is 5.97 Å². The summed E-state index contributed by atoms with van der Waals surface area (Å²) in [6, 6.07) is -0.700. The van der Waals surface area contributed by atoms with Gasteiger partial charge in [-0.3, -0.25) is 4.79 Å². The molecule has 13 heavy (non-hydrogen) atoms. The van der Waals surface area contributed by atoms with E-state index in [0.717, 1.165) is 5.57 Å². The molecule has 0 saturated heterocycles. The van der Waals surface area contributed by atoms with Crippen LogP contribution in [0.25, 0.3) is 0 Å². The minimum Gasteiger partial charge on any atom is -0.512 e. The van der Waals surface area contributed by atoms with E-state index in [1.807, 2.05) is 0 Å².